The highest BCUT2D eigenvalue weighted by Gasteiger charge is 2.46. The number of aliphatic hydroxyl groups is 1. The molecule has 10 atom stereocenters. The molecule has 5 heterocycles. The molecule has 26 nitrogen and oxygen atoms in total. The number of carboxylic acid groups (broad SMARTS) is 1. The number of carboxylic acids is 1. The van der Waals surface area contributed by atoms with Crippen LogP contribution in [0.15, 0.2) is 42.5 Å². The summed E-state index contributed by atoms with van der Waals surface area (Å²) >= 11 is -3.73. The molecule has 8 N–H and O–H groups in total. The van der Waals surface area contributed by atoms with Gasteiger partial charge in [0.2, 0.25) is 47.6 Å². The highest BCUT2D eigenvalue weighted by Crippen LogP contribution is 2.39. The molecule has 0 saturated carbocycles. The number of para-hydroxylation sites is 1. The van der Waals surface area contributed by atoms with Gasteiger partial charge in [-0.3, -0.25) is 67.5 Å². The van der Waals surface area contributed by atoms with E-state index in [0.717, 1.165) is 16.7 Å². The highest BCUT2D eigenvalue weighted by atomic mass is 27.3. The first-order chi connectivity index (χ1) is 38.3. The second-order valence-corrected chi connectivity index (χ2v) is 21.6. The second kappa shape index (κ2) is 28.5. The number of esters is 1. The predicted octanol–water partition coefficient (Wildman–Crippen LogP) is -3.00. The van der Waals surface area contributed by atoms with Crippen molar-refractivity contribution in [1.29, 1.82) is 0 Å². The maximum Gasteiger partial charge on any atom is 1.05 e. The Hall–Kier alpha value is -6.93. The van der Waals surface area contributed by atoms with Crippen LogP contribution in [0.1, 0.15) is 68.2 Å². The van der Waals surface area contributed by atoms with Gasteiger partial charge in [0, 0.05) is 65.3 Å². The molecule has 5 aliphatic heterocycles. The SMILES string of the molecule is CC[C@H](C)[C@H](NC(=O)CNC(=O)CNC(=O)[C@H](CCC(=O)O)NC(=O)Cc1ccc(CN2CCN3CCN(CC2)C(C=O)C[O][Al]([F])[O]C(=O)C3)cc1)C(=O)N[C@H]1CCc2cccc3c2N(C1=O)[C@H](C(=O)NC1CC(=O)OC1O)C3. The monoisotopic (exact) mass is 1130 g/mol. The van der Waals surface area contributed by atoms with Crippen molar-refractivity contribution in [3.63, 3.8) is 0 Å². The van der Waals surface area contributed by atoms with Crippen molar-refractivity contribution >= 4 is 86.5 Å². The number of amides is 7. The van der Waals surface area contributed by atoms with Crippen molar-refractivity contribution in [1.82, 2.24) is 46.6 Å². The van der Waals surface area contributed by atoms with Crippen LogP contribution in [0.2, 0.25) is 0 Å². The zero-order valence-electron chi connectivity index (χ0n) is 44.5. The topological polar surface area (TPSA) is 341 Å². The van der Waals surface area contributed by atoms with Gasteiger partial charge in [0.1, 0.15) is 36.5 Å². The number of nitrogens with one attached hydrogen (secondary N) is 6. The maximum absolute atomic E-state index is 14.3. The summed E-state index contributed by atoms with van der Waals surface area (Å²) < 4.78 is 29.0. The Morgan fingerprint density at radius 2 is 1.54 bits per heavy atom. The molecule has 0 spiro atoms. The largest absolute Gasteiger partial charge is 1.05 e. The van der Waals surface area contributed by atoms with Gasteiger partial charge in [-0.15, -0.1) is 0 Å². The fourth-order valence-electron chi connectivity index (χ4n) is 10.2. The number of aliphatic carboxylic acids is 1. The van der Waals surface area contributed by atoms with Crippen molar-refractivity contribution in [2.24, 2.45) is 5.92 Å². The zero-order chi connectivity index (χ0) is 57.6. The molecule has 0 radical (unpaired) electrons. The Kier molecular flexibility index (Phi) is 21.6. The Labute approximate surface area is 465 Å². The molecule has 0 aliphatic carbocycles. The van der Waals surface area contributed by atoms with E-state index < -0.39 is 143 Å². The zero-order valence-corrected chi connectivity index (χ0v) is 45.7. The van der Waals surface area contributed by atoms with Gasteiger partial charge in [-0.2, -0.15) is 0 Å². The lowest BCUT2D eigenvalue weighted by Crippen LogP contribution is -2.59. The van der Waals surface area contributed by atoms with Crippen LogP contribution in [0.25, 0.3) is 0 Å². The number of nitrogens with zero attached hydrogens (tertiary/aromatic N) is 4. The Balaban J connectivity index is 0.878. The summed E-state index contributed by atoms with van der Waals surface area (Å²) in [4.78, 5) is 150. The van der Waals surface area contributed by atoms with Crippen molar-refractivity contribution in [2.75, 3.05) is 70.4 Å². The molecular formula is C52H68AlFN10O16. The van der Waals surface area contributed by atoms with Gasteiger partial charge in [-0.05, 0) is 47.4 Å². The molecular weight excluding hydrogens is 1070 g/mol. The second-order valence-electron chi connectivity index (χ2n) is 20.5. The summed E-state index contributed by atoms with van der Waals surface area (Å²) in [5.41, 5.74) is 3.53. The quantitative estimate of drug-likeness (QED) is 0.0351. The van der Waals surface area contributed by atoms with Crippen LogP contribution in [0.3, 0.4) is 0 Å². The molecule has 432 valence electrons. The van der Waals surface area contributed by atoms with Gasteiger partial charge in [0.05, 0.1) is 44.2 Å². The van der Waals surface area contributed by atoms with Crippen molar-refractivity contribution in [2.45, 2.75) is 114 Å². The van der Waals surface area contributed by atoms with Crippen LogP contribution in [0.4, 0.5) is 9.21 Å². The number of anilines is 1. The number of aldehydes is 1. The number of rotatable bonds is 21. The van der Waals surface area contributed by atoms with Crippen LogP contribution in [0.5, 0.6) is 0 Å². The number of aryl methyl sites for hydroxylation is 1. The summed E-state index contributed by atoms with van der Waals surface area (Å²) in [5.74, 6) is -8.05. The fraction of sp³-hybridized carbons (Fsp3) is 0.558. The average molecular weight is 1140 g/mol. The van der Waals surface area contributed by atoms with Crippen LogP contribution in [0, 0.1) is 5.92 Å². The third-order valence-corrected chi connectivity index (χ3v) is 15.8. The molecule has 5 aliphatic rings. The third-order valence-electron chi connectivity index (χ3n) is 14.9. The standard InChI is InChI=1S/C52H69N10O16.Al.FH/c1-3-30(2)46(50(75)56-37-12-11-33-5-4-6-34-22-39(62(47(33)34)51(37)76)49(74)57-38-23-45(72)78-52(38)77)58-42(67)25-53-41(66)24-54-48(73)36(13-14-43(68)69)55-40(65)21-31-7-9-32(10-8-31)26-59-15-16-60(27-44(70)71)18-20-61(19-17-59)35(28-63)29-64;;/h4-10,28,30,35-39,46,52,77H,3,11-27,29H2,1-2H3,(H,53,66)(H,54,73)(H,55,65)(H,56,75)(H,57,74)(H,58,67)(H,68,69)(H,70,71);;1H/q-1;+3;/p-2/t30-,35?,36-,37-,38?,39-,46-,52?;;/m0../s1. The summed E-state index contributed by atoms with van der Waals surface area (Å²) in [6.45, 7) is 5.31. The Morgan fingerprint density at radius 3 is 2.25 bits per heavy atom. The number of halogens is 1. The van der Waals surface area contributed by atoms with E-state index in [1.165, 1.54) is 4.90 Å². The molecule has 2 bridgehead atoms. The van der Waals surface area contributed by atoms with E-state index in [-0.39, 0.29) is 45.3 Å². The van der Waals surface area contributed by atoms with Gasteiger partial charge < -0.3 is 62.7 Å². The van der Waals surface area contributed by atoms with Gasteiger partial charge in [0.25, 0.3) is 5.97 Å². The molecule has 3 fully saturated rings. The molecule has 7 amide bonds. The average Bonchev–Trinajstić information content (AvgIpc) is 4.19. The molecule has 3 saturated heterocycles. The lowest BCUT2D eigenvalue weighted by atomic mass is 9.97. The van der Waals surface area contributed by atoms with E-state index in [2.05, 4.69) is 36.8 Å². The van der Waals surface area contributed by atoms with Gasteiger partial charge >= 0.3 is 27.2 Å². The number of ether oxygens (including phenoxy) is 1. The number of carbonyl (C=O) groups is 11. The van der Waals surface area contributed by atoms with Crippen LogP contribution < -0.4 is 36.8 Å². The highest BCUT2D eigenvalue weighted by molar-refractivity contribution is 6.38. The first-order valence-electron chi connectivity index (χ1n) is 26.7. The molecule has 28 heteroatoms. The normalized spacial score (nSPS) is 24.3. The van der Waals surface area contributed by atoms with E-state index in [1.54, 1.807) is 32.0 Å². The summed E-state index contributed by atoms with van der Waals surface area (Å²) in [7, 11) is 0. The van der Waals surface area contributed by atoms with E-state index in [9.17, 15) is 66.5 Å². The molecule has 7 rings (SSSR count). The molecule has 0 aromatic heterocycles. The minimum atomic E-state index is -3.73. The van der Waals surface area contributed by atoms with Crippen LogP contribution >= 0.6 is 0 Å². The molecule has 5 unspecified atom stereocenters. The fourth-order valence-corrected chi connectivity index (χ4v) is 10.9. The number of aliphatic hydroxyl groups excluding tert-OH is 1. The summed E-state index contributed by atoms with van der Waals surface area (Å²) in [6, 6.07) is 6.11. The number of hydrogen-bond donors (Lipinski definition) is 8. The van der Waals surface area contributed by atoms with Gasteiger partial charge in [-0.1, -0.05) is 62.7 Å². The van der Waals surface area contributed by atoms with Crippen LogP contribution in [-0.2, 0) is 90.9 Å². The Bertz CT molecular complexity index is 2650. The van der Waals surface area contributed by atoms with Crippen molar-refractivity contribution in [3.05, 3.63) is 64.7 Å². The number of carbonyl (C=O) groups excluding carboxylic acids is 10. The van der Waals surface area contributed by atoms with Crippen molar-refractivity contribution < 1.29 is 78.8 Å². The van der Waals surface area contributed by atoms with Crippen molar-refractivity contribution in [3.8, 4) is 0 Å². The first-order valence-corrected chi connectivity index (χ1v) is 28.1. The maximum atomic E-state index is 14.3. The lowest BCUT2D eigenvalue weighted by molar-refractivity contribution is -0.155. The summed E-state index contributed by atoms with van der Waals surface area (Å²) in [5, 5.41) is 34.8. The van der Waals surface area contributed by atoms with Gasteiger partial charge in [-0.25, -0.2) is 0 Å². The molecule has 2 aromatic rings. The lowest BCUT2D eigenvalue weighted by Gasteiger charge is -2.30. The smallest absolute Gasteiger partial charge is 0.568 e. The number of fused-ring (bicyclic) bond motifs is 3. The first kappa shape index (κ1) is 60.7. The predicted molar refractivity (Wildman–Crippen MR) is 279 cm³/mol. The third kappa shape index (κ3) is 16.6. The number of hydrogen-bond acceptors (Lipinski definition) is 18. The number of benzene rings is 2. The van der Waals surface area contributed by atoms with E-state index in [1.807, 2.05) is 34.1 Å². The van der Waals surface area contributed by atoms with Gasteiger partial charge in [0.15, 0.2) is 0 Å². The van der Waals surface area contributed by atoms with Crippen LogP contribution in [-0.4, -0.2) is 214 Å². The van der Waals surface area contributed by atoms with E-state index in [4.69, 9.17) is 12.3 Å². The van der Waals surface area contributed by atoms with E-state index in [0.29, 0.717) is 76.2 Å². The molecule has 80 heavy (non-hydrogen) atoms. The Morgan fingerprint density at radius 1 is 0.838 bits per heavy atom. The summed E-state index contributed by atoms with van der Waals surface area (Å²) in [6.07, 6.45) is -0.992. The number of cyclic esters (lactones) is 1. The minimum Gasteiger partial charge on any atom is -0.568 e. The van der Waals surface area contributed by atoms with E-state index >= 15 is 0 Å². The molecule has 2 aromatic carbocycles. The minimum absolute atomic E-state index is 0.126.